The number of carbonyl (C=O) groups excluding carboxylic acids is 1. The zero-order valence-electron chi connectivity index (χ0n) is 12.5. The second-order valence-electron chi connectivity index (χ2n) is 6.36. The Bertz CT molecular complexity index is 853. The minimum absolute atomic E-state index is 0.00948. The van der Waals surface area contributed by atoms with Crippen molar-refractivity contribution in [1.82, 2.24) is 4.57 Å². The summed E-state index contributed by atoms with van der Waals surface area (Å²) in [6, 6.07) is 4.39. The van der Waals surface area contributed by atoms with Crippen LogP contribution in [-0.2, 0) is 11.0 Å². The van der Waals surface area contributed by atoms with Crippen molar-refractivity contribution in [3.63, 3.8) is 0 Å². The molecule has 0 amide bonds. The summed E-state index contributed by atoms with van der Waals surface area (Å²) in [6.45, 7) is 0. The third-order valence-electron chi connectivity index (χ3n) is 5.02. The van der Waals surface area contributed by atoms with E-state index in [4.69, 9.17) is 0 Å². The van der Waals surface area contributed by atoms with Crippen LogP contribution >= 0.6 is 0 Å². The monoisotopic (exact) mass is 337 g/mol. The average Bonchev–Trinajstić information content (AvgIpc) is 2.80. The van der Waals surface area contributed by atoms with Gasteiger partial charge in [-0.15, -0.1) is 0 Å². The van der Waals surface area contributed by atoms with Gasteiger partial charge in [0.25, 0.3) is 0 Å². The van der Waals surface area contributed by atoms with Crippen molar-refractivity contribution in [1.29, 1.82) is 0 Å². The van der Waals surface area contributed by atoms with Crippen LogP contribution in [0.4, 0.5) is 13.2 Å². The number of halogens is 3. The molecule has 2 aromatic rings. The smallest absolute Gasteiger partial charge is 0.416 e. The summed E-state index contributed by atoms with van der Waals surface area (Å²) >= 11 is 0. The molecule has 1 fully saturated rings. The fourth-order valence-corrected chi connectivity index (χ4v) is 3.96. The van der Waals surface area contributed by atoms with E-state index in [9.17, 15) is 28.2 Å². The van der Waals surface area contributed by atoms with Gasteiger partial charge in [-0.3, -0.25) is 9.36 Å². The van der Waals surface area contributed by atoms with E-state index < -0.39 is 17.7 Å². The highest BCUT2D eigenvalue weighted by Gasteiger charge is 2.45. The molecule has 2 N–H and O–H groups in total. The first-order valence-corrected chi connectivity index (χ1v) is 7.65. The first-order valence-electron chi connectivity index (χ1n) is 7.65. The molecule has 4 nitrogen and oxygen atoms in total. The van der Waals surface area contributed by atoms with E-state index in [1.165, 1.54) is 12.1 Å². The zero-order valence-corrected chi connectivity index (χ0v) is 12.5. The Morgan fingerprint density at radius 1 is 1.08 bits per heavy atom. The standard InChI is InChI=1S/C17H14F3NO3/c18-17(19,20)9-2-1-3-10(7-9)21-15(23)13-8-4-5-11(12(22)6-8)14(13)16(21)24/h1-3,7-8,11,23-24H,4-6H2/t8-,11+/m0/s1. The Hall–Kier alpha value is -2.44. The number of aromatic hydroxyl groups is 2. The first-order chi connectivity index (χ1) is 11.3. The molecule has 24 heavy (non-hydrogen) atoms. The van der Waals surface area contributed by atoms with Crippen molar-refractivity contribution >= 4 is 5.78 Å². The SMILES string of the molecule is O=C1C[C@@H]2CC[C@H]1c1c2c(O)n(-c2cccc(C(F)(F)F)c2)c1O. The number of carbonyl (C=O) groups is 1. The lowest BCUT2D eigenvalue weighted by molar-refractivity contribution is -0.137. The predicted octanol–water partition coefficient (Wildman–Crippen LogP) is 3.84. The first kappa shape index (κ1) is 15.1. The summed E-state index contributed by atoms with van der Waals surface area (Å²) < 4.78 is 39.8. The van der Waals surface area contributed by atoms with Gasteiger partial charge in [0, 0.05) is 23.5 Å². The number of fused-ring (bicyclic) bond motifs is 2. The summed E-state index contributed by atoms with van der Waals surface area (Å²) in [4.78, 5) is 12.1. The minimum atomic E-state index is -4.52. The van der Waals surface area contributed by atoms with E-state index in [2.05, 4.69) is 0 Å². The Balaban J connectivity index is 1.92. The van der Waals surface area contributed by atoms with Gasteiger partial charge in [-0.05, 0) is 37.0 Å². The topological polar surface area (TPSA) is 62.5 Å². The summed E-state index contributed by atoms with van der Waals surface area (Å²) in [5.41, 5.74) is 0.0174. The maximum atomic E-state index is 12.9. The lowest BCUT2D eigenvalue weighted by Gasteiger charge is -2.34. The van der Waals surface area contributed by atoms with Gasteiger partial charge in [-0.2, -0.15) is 13.2 Å². The molecule has 2 bridgehead atoms. The molecule has 5 rings (SSSR count). The Morgan fingerprint density at radius 2 is 1.79 bits per heavy atom. The largest absolute Gasteiger partial charge is 0.494 e. The molecule has 0 saturated heterocycles. The summed E-state index contributed by atoms with van der Waals surface area (Å²) in [6.07, 6.45) is -2.90. The number of aromatic nitrogens is 1. The Morgan fingerprint density at radius 3 is 2.46 bits per heavy atom. The van der Waals surface area contributed by atoms with E-state index in [1.54, 1.807) is 0 Å². The van der Waals surface area contributed by atoms with Crippen LogP contribution in [0.5, 0.6) is 11.8 Å². The van der Waals surface area contributed by atoms with E-state index in [0.29, 0.717) is 24.0 Å². The Kier molecular flexibility index (Phi) is 3.01. The average molecular weight is 337 g/mol. The highest BCUT2D eigenvalue weighted by molar-refractivity contribution is 5.91. The Labute approximate surface area is 135 Å². The number of benzene rings is 1. The lowest BCUT2D eigenvalue weighted by Crippen LogP contribution is -2.28. The van der Waals surface area contributed by atoms with Gasteiger partial charge in [0.2, 0.25) is 11.8 Å². The molecular weight excluding hydrogens is 323 g/mol. The van der Waals surface area contributed by atoms with Crippen LogP contribution < -0.4 is 0 Å². The molecule has 1 heterocycles. The molecule has 0 unspecified atom stereocenters. The minimum Gasteiger partial charge on any atom is -0.494 e. The van der Waals surface area contributed by atoms with Gasteiger partial charge < -0.3 is 10.2 Å². The number of hydrogen-bond donors (Lipinski definition) is 2. The molecular formula is C17H14F3NO3. The van der Waals surface area contributed by atoms with Crippen molar-refractivity contribution < 1.29 is 28.2 Å². The number of nitrogens with zero attached hydrogens (tertiary/aromatic N) is 1. The number of Topliss-reactive ketones (excluding diaryl/α,β-unsaturated/α-hetero) is 1. The van der Waals surface area contributed by atoms with Gasteiger partial charge in [-0.25, -0.2) is 0 Å². The van der Waals surface area contributed by atoms with Gasteiger partial charge in [0.1, 0.15) is 5.78 Å². The quantitative estimate of drug-likeness (QED) is 0.831. The van der Waals surface area contributed by atoms with Gasteiger partial charge in [0.15, 0.2) is 0 Å². The van der Waals surface area contributed by atoms with E-state index in [1.807, 2.05) is 0 Å². The maximum absolute atomic E-state index is 12.9. The van der Waals surface area contributed by atoms with Crippen LogP contribution in [0, 0.1) is 0 Å². The number of ketones is 1. The third-order valence-corrected chi connectivity index (χ3v) is 5.02. The van der Waals surface area contributed by atoms with Crippen molar-refractivity contribution in [3.8, 4) is 17.4 Å². The number of rotatable bonds is 1. The van der Waals surface area contributed by atoms with Crippen molar-refractivity contribution in [2.24, 2.45) is 0 Å². The normalized spacial score (nSPS) is 22.7. The fraction of sp³-hybridized carbons (Fsp3) is 0.353. The molecule has 2 atom stereocenters. The van der Waals surface area contributed by atoms with E-state index in [-0.39, 0.29) is 29.1 Å². The molecule has 3 aliphatic carbocycles. The molecule has 126 valence electrons. The molecule has 0 aliphatic heterocycles. The molecule has 0 radical (unpaired) electrons. The van der Waals surface area contributed by atoms with Crippen LogP contribution in [-0.4, -0.2) is 20.6 Å². The zero-order chi connectivity index (χ0) is 17.2. The second kappa shape index (κ2) is 4.78. The van der Waals surface area contributed by atoms with E-state index >= 15 is 0 Å². The fourth-order valence-electron chi connectivity index (χ4n) is 3.96. The van der Waals surface area contributed by atoms with Crippen molar-refractivity contribution in [2.75, 3.05) is 0 Å². The van der Waals surface area contributed by atoms with Gasteiger partial charge in [0.05, 0.1) is 11.3 Å². The predicted molar refractivity (Wildman–Crippen MR) is 78.4 cm³/mol. The molecule has 3 aliphatic rings. The summed E-state index contributed by atoms with van der Waals surface area (Å²) in [5, 5.41) is 21.0. The molecule has 1 aromatic heterocycles. The molecule has 1 saturated carbocycles. The second-order valence-corrected chi connectivity index (χ2v) is 6.36. The maximum Gasteiger partial charge on any atom is 0.416 e. The van der Waals surface area contributed by atoms with Crippen LogP contribution in [0.2, 0.25) is 0 Å². The molecule has 1 aromatic carbocycles. The van der Waals surface area contributed by atoms with Gasteiger partial charge in [-0.1, -0.05) is 6.07 Å². The number of hydrogen-bond acceptors (Lipinski definition) is 3. The summed E-state index contributed by atoms with van der Waals surface area (Å²) in [5.74, 6) is -1.28. The van der Waals surface area contributed by atoms with Crippen LogP contribution in [0.1, 0.15) is 47.8 Å². The lowest BCUT2D eigenvalue weighted by atomic mass is 9.67. The molecule has 0 spiro atoms. The number of alkyl halides is 3. The van der Waals surface area contributed by atoms with Crippen molar-refractivity contribution in [3.05, 3.63) is 41.0 Å². The van der Waals surface area contributed by atoms with Crippen LogP contribution in [0.25, 0.3) is 5.69 Å². The third kappa shape index (κ3) is 1.96. The highest BCUT2D eigenvalue weighted by atomic mass is 19.4. The molecule has 7 heteroatoms. The van der Waals surface area contributed by atoms with Crippen LogP contribution in [0.3, 0.4) is 0 Å². The highest BCUT2D eigenvalue weighted by Crippen LogP contribution is 2.55. The summed E-state index contributed by atoms with van der Waals surface area (Å²) in [7, 11) is 0. The van der Waals surface area contributed by atoms with Crippen LogP contribution in [0.15, 0.2) is 24.3 Å². The van der Waals surface area contributed by atoms with Crippen molar-refractivity contribution in [2.45, 2.75) is 37.3 Å². The van der Waals surface area contributed by atoms with E-state index in [0.717, 1.165) is 23.1 Å². The van der Waals surface area contributed by atoms with Gasteiger partial charge >= 0.3 is 6.18 Å².